The van der Waals surface area contributed by atoms with Crippen LogP contribution in [0.3, 0.4) is 0 Å². The summed E-state index contributed by atoms with van der Waals surface area (Å²) in [5.74, 6) is -0.187. The lowest BCUT2D eigenvalue weighted by atomic mass is 10.0. The molecule has 0 unspecified atom stereocenters. The summed E-state index contributed by atoms with van der Waals surface area (Å²) in [6.07, 6.45) is 0. The zero-order chi connectivity index (χ0) is 22.5. The molecule has 31 heavy (non-hydrogen) atoms. The van der Waals surface area contributed by atoms with Crippen LogP contribution in [0.2, 0.25) is 0 Å². The summed E-state index contributed by atoms with van der Waals surface area (Å²) in [6.45, 7) is 4.78. The number of carbonyl (C=O) groups excluding carboxylic acids is 2. The Bertz CT molecular complexity index is 968. The van der Waals surface area contributed by atoms with Crippen LogP contribution in [0.1, 0.15) is 25.0 Å². The van der Waals surface area contributed by atoms with Crippen LogP contribution in [0.25, 0.3) is 5.57 Å². The van der Waals surface area contributed by atoms with Crippen molar-refractivity contribution in [3.05, 3.63) is 71.2 Å². The van der Waals surface area contributed by atoms with E-state index in [0.717, 1.165) is 4.90 Å². The Balaban J connectivity index is 1.92. The minimum Gasteiger partial charge on any atom is -0.493 e. The lowest BCUT2D eigenvalue weighted by molar-refractivity contribution is -0.138. The standard InChI is InChI=1S/C24H27FN2O4/c1-16(2)15-31-20-10-6-18(7-11-20)21-22(26(3)12-13-28)24(30)27(23(21)29)14-17-4-8-19(25)9-5-17/h4-11,16,28H,12-15H2,1-3H3. The van der Waals surface area contributed by atoms with Gasteiger partial charge in [-0.15, -0.1) is 0 Å². The zero-order valence-corrected chi connectivity index (χ0v) is 18.0. The first kappa shape index (κ1) is 22.5. The van der Waals surface area contributed by atoms with E-state index in [9.17, 15) is 19.1 Å². The summed E-state index contributed by atoms with van der Waals surface area (Å²) < 4.78 is 18.9. The molecule has 2 amide bonds. The fourth-order valence-corrected chi connectivity index (χ4v) is 3.34. The SMILES string of the molecule is CC(C)COc1ccc(C2=C(N(C)CCO)C(=O)N(Cc3ccc(F)cc3)C2=O)cc1. The number of nitrogens with zero attached hydrogens (tertiary/aromatic N) is 2. The van der Waals surface area contributed by atoms with Gasteiger partial charge < -0.3 is 14.7 Å². The van der Waals surface area contributed by atoms with E-state index in [-0.39, 0.29) is 36.8 Å². The Morgan fingerprint density at radius 1 is 1.03 bits per heavy atom. The fraction of sp³-hybridized carbons (Fsp3) is 0.333. The van der Waals surface area contributed by atoms with Crippen molar-refractivity contribution in [2.45, 2.75) is 20.4 Å². The molecule has 0 spiro atoms. The number of halogens is 1. The minimum absolute atomic E-state index is 0.0352. The van der Waals surface area contributed by atoms with Crippen LogP contribution < -0.4 is 4.74 Å². The van der Waals surface area contributed by atoms with Crippen molar-refractivity contribution >= 4 is 17.4 Å². The fourth-order valence-electron chi connectivity index (χ4n) is 3.34. The number of hydrogen-bond acceptors (Lipinski definition) is 5. The molecule has 0 fully saturated rings. The first-order valence-electron chi connectivity index (χ1n) is 10.2. The highest BCUT2D eigenvalue weighted by Gasteiger charge is 2.40. The number of likely N-dealkylation sites (N-methyl/N-ethyl adjacent to an activating group) is 1. The van der Waals surface area contributed by atoms with Gasteiger partial charge in [-0.25, -0.2) is 4.39 Å². The van der Waals surface area contributed by atoms with E-state index in [4.69, 9.17) is 4.74 Å². The van der Waals surface area contributed by atoms with Crippen LogP contribution in [0.5, 0.6) is 5.75 Å². The van der Waals surface area contributed by atoms with Crippen molar-refractivity contribution in [1.82, 2.24) is 9.80 Å². The molecule has 1 heterocycles. The Hall–Kier alpha value is -3.19. The lowest BCUT2D eigenvalue weighted by Crippen LogP contribution is -2.34. The maximum absolute atomic E-state index is 13.3. The summed E-state index contributed by atoms with van der Waals surface area (Å²) in [5, 5.41) is 9.35. The molecule has 0 aromatic heterocycles. The molecular formula is C24H27FN2O4. The van der Waals surface area contributed by atoms with Gasteiger partial charge in [0, 0.05) is 13.6 Å². The topological polar surface area (TPSA) is 70.1 Å². The van der Waals surface area contributed by atoms with Crippen LogP contribution >= 0.6 is 0 Å². The van der Waals surface area contributed by atoms with Gasteiger partial charge in [0.25, 0.3) is 11.8 Å². The number of aliphatic hydroxyl groups is 1. The first-order valence-corrected chi connectivity index (χ1v) is 10.2. The van der Waals surface area contributed by atoms with Gasteiger partial charge in [-0.3, -0.25) is 14.5 Å². The Morgan fingerprint density at radius 3 is 2.26 bits per heavy atom. The maximum Gasteiger partial charge on any atom is 0.278 e. The second-order valence-corrected chi connectivity index (χ2v) is 7.92. The summed E-state index contributed by atoms with van der Waals surface area (Å²) >= 11 is 0. The Morgan fingerprint density at radius 2 is 1.68 bits per heavy atom. The quantitative estimate of drug-likeness (QED) is 0.624. The highest BCUT2D eigenvalue weighted by molar-refractivity contribution is 6.35. The molecule has 0 saturated carbocycles. The molecule has 0 bridgehead atoms. The number of carbonyl (C=O) groups is 2. The largest absolute Gasteiger partial charge is 0.493 e. The molecule has 7 heteroatoms. The van der Waals surface area contributed by atoms with E-state index >= 15 is 0 Å². The van der Waals surface area contributed by atoms with Crippen molar-refractivity contribution in [3.8, 4) is 5.75 Å². The second kappa shape index (κ2) is 9.75. The molecule has 164 valence electrons. The molecule has 0 atom stereocenters. The lowest BCUT2D eigenvalue weighted by Gasteiger charge is -2.20. The van der Waals surface area contributed by atoms with E-state index in [1.165, 1.54) is 12.1 Å². The average Bonchev–Trinajstić information content (AvgIpc) is 2.99. The van der Waals surface area contributed by atoms with E-state index in [2.05, 4.69) is 13.8 Å². The number of imide groups is 1. The molecule has 2 aromatic rings. The van der Waals surface area contributed by atoms with Crippen LogP contribution in [0.15, 0.2) is 54.2 Å². The van der Waals surface area contributed by atoms with Gasteiger partial charge in [0.1, 0.15) is 17.3 Å². The number of benzene rings is 2. The second-order valence-electron chi connectivity index (χ2n) is 7.92. The number of aliphatic hydroxyl groups excluding tert-OH is 1. The van der Waals surface area contributed by atoms with E-state index < -0.39 is 11.8 Å². The van der Waals surface area contributed by atoms with Crippen molar-refractivity contribution in [2.24, 2.45) is 5.92 Å². The van der Waals surface area contributed by atoms with Gasteiger partial charge in [-0.05, 0) is 41.3 Å². The van der Waals surface area contributed by atoms with Crippen molar-refractivity contribution in [2.75, 3.05) is 26.8 Å². The summed E-state index contributed by atoms with van der Waals surface area (Å²) in [7, 11) is 1.66. The third-order valence-corrected chi connectivity index (χ3v) is 4.94. The molecule has 2 aromatic carbocycles. The Labute approximate surface area is 181 Å². The summed E-state index contributed by atoms with van der Waals surface area (Å²) in [5.41, 5.74) is 1.75. The highest BCUT2D eigenvalue weighted by Crippen LogP contribution is 2.33. The first-order chi connectivity index (χ1) is 14.8. The van der Waals surface area contributed by atoms with E-state index in [1.54, 1.807) is 48.3 Å². The van der Waals surface area contributed by atoms with Crippen LogP contribution in [-0.2, 0) is 16.1 Å². The normalized spacial score (nSPS) is 14.1. The Kier molecular flexibility index (Phi) is 7.07. The predicted molar refractivity (Wildman–Crippen MR) is 115 cm³/mol. The third-order valence-electron chi connectivity index (χ3n) is 4.94. The summed E-state index contributed by atoms with van der Waals surface area (Å²) in [4.78, 5) is 29.2. The zero-order valence-electron chi connectivity index (χ0n) is 18.0. The predicted octanol–water partition coefficient (Wildman–Crippen LogP) is 3.06. The molecule has 1 aliphatic heterocycles. The molecule has 1 N–H and O–H groups in total. The van der Waals surface area contributed by atoms with Crippen LogP contribution in [0.4, 0.5) is 4.39 Å². The molecule has 0 saturated heterocycles. The number of hydrogen-bond donors (Lipinski definition) is 1. The smallest absolute Gasteiger partial charge is 0.278 e. The number of ether oxygens (including phenoxy) is 1. The monoisotopic (exact) mass is 426 g/mol. The van der Waals surface area contributed by atoms with E-state index in [1.807, 2.05) is 0 Å². The van der Waals surface area contributed by atoms with Gasteiger partial charge in [0.05, 0.1) is 25.3 Å². The summed E-state index contributed by atoms with van der Waals surface area (Å²) in [6, 6.07) is 12.7. The molecule has 0 aliphatic carbocycles. The average molecular weight is 426 g/mol. The number of rotatable bonds is 9. The van der Waals surface area contributed by atoms with Gasteiger partial charge in [0.2, 0.25) is 0 Å². The van der Waals surface area contributed by atoms with Gasteiger partial charge >= 0.3 is 0 Å². The maximum atomic E-state index is 13.3. The van der Waals surface area contributed by atoms with E-state index in [0.29, 0.717) is 29.4 Å². The number of amides is 2. The van der Waals surface area contributed by atoms with Gasteiger partial charge in [-0.1, -0.05) is 38.1 Å². The van der Waals surface area contributed by atoms with Gasteiger partial charge in [0.15, 0.2) is 0 Å². The molecule has 1 aliphatic rings. The molecule has 3 rings (SSSR count). The third kappa shape index (κ3) is 5.11. The molecular weight excluding hydrogens is 399 g/mol. The van der Waals surface area contributed by atoms with Crippen LogP contribution in [-0.4, -0.2) is 53.5 Å². The highest BCUT2D eigenvalue weighted by atomic mass is 19.1. The molecule has 0 radical (unpaired) electrons. The van der Waals surface area contributed by atoms with Crippen LogP contribution in [0, 0.1) is 11.7 Å². The van der Waals surface area contributed by atoms with Crippen molar-refractivity contribution < 1.29 is 23.8 Å². The molecule has 6 nitrogen and oxygen atoms in total. The van der Waals surface area contributed by atoms with Crippen molar-refractivity contribution in [3.63, 3.8) is 0 Å². The van der Waals surface area contributed by atoms with Gasteiger partial charge in [-0.2, -0.15) is 0 Å². The van der Waals surface area contributed by atoms with Crippen molar-refractivity contribution in [1.29, 1.82) is 0 Å². The minimum atomic E-state index is -0.444.